The van der Waals surface area contributed by atoms with Gasteiger partial charge in [0.05, 0.1) is 30.5 Å². The molecule has 6 nitrogen and oxygen atoms in total. The molecule has 1 saturated heterocycles. The first-order valence-corrected chi connectivity index (χ1v) is 9.32. The Morgan fingerprint density at radius 3 is 3.04 bits per heavy atom. The van der Waals surface area contributed by atoms with Crippen molar-refractivity contribution in [3.63, 3.8) is 0 Å². The molecule has 140 valence electrons. The van der Waals surface area contributed by atoms with Crippen molar-refractivity contribution in [2.75, 3.05) is 32.1 Å². The van der Waals surface area contributed by atoms with Crippen LogP contribution in [0.1, 0.15) is 11.7 Å². The molecule has 8 heteroatoms. The summed E-state index contributed by atoms with van der Waals surface area (Å²) in [5.74, 6) is 0.412. The molecule has 3 aromatic rings. The van der Waals surface area contributed by atoms with Crippen LogP contribution in [-0.2, 0) is 4.74 Å². The first-order valence-electron chi connectivity index (χ1n) is 8.50. The SMILES string of the molecule is COc1ccc2nc(NC(=O)N3CCOC(c4ccccc4F)C3)sc2c1. The smallest absolute Gasteiger partial charge is 0.323 e. The zero-order valence-corrected chi connectivity index (χ0v) is 15.5. The van der Waals surface area contributed by atoms with E-state index in [1.165, 1.54) is 17.4 Å². The molecule has 1 fully saturated rings. The lowest BCUT2D eigenvalue weighted by atomic mass is 10.1. The number of hydrogen-bond acceptors (Lipinski definition) is 5. The zero-order chi connectivity index (χ0) is 18.8. The molecule has 0 radical (unpaired) electrons. The van der Waals surface area contributed by atoms with E-state index in [1.807, 2.05) is 18.2 Å². The number of fused-ring (bicyclic) bond motifs is 1. The second kappa shape index (κ2) is 7.50. The number of methoxy groups -OCH3 is 1. The largest absolute Gasteiger partial charge is 0.497 e. The predicted molar refractivity (Wildman–Crippen MR) is 102 cm³/mol. The average molecular weight is 387 g/mol. The summed E-state index contributed by atoms with van der Waals surface area (Å²) in [7, 11) is 1.61. The fourth-order valence-electron chi connectivity index (χ4n) is 3.01. The number of hydrogen-bond donors (Lipinski definition) is 1. The Hall–Kier alpha value is -2.71. The van der Waals surface area contributed by atoms with Crippen molar-refractivity contribution in [3.8, 4) is 5.75 Å². The lowest BCUT2D eigenvalue weighted by Gasteiger charge is -2.33. The molecule has 2 aromatic carbocycles. The van der Waals surface area contributed by atoms with E-state index in [1.54, 1.807) is 30.2 Å². The Kier molecular flexibility index (Phi) is 4.91. The normalized spacial score (nSPS) is 17.1. The molecule has 2 amide bonds. The van der Waals surface area contributed by atoms with Crippen molar-refractivity contribution >= 4 is 32.7 Å². The summed E-state index contributed by atoms with van der Waals surface area (Å²) in [6.07, 6.45) is -0.481. The summed E-state index contributed by atoms with van der Waals surface area (Å²) in [6.45, 7) is 1.07. The van der Waals surface area contributed by atoms with Crippen LogP contribution in [0.4, 0.5) is 14.3 Å². The first kappa shape index (κ1) is 17.7. The van der Waals surface area contributed by atoms with E-state index in [9.17, 15) is 9.18 Å². The maximum Gasteiger partial charge on any atom is 0.323 e. The monoisotopic (exact) mass is 387 g/mol. The molecule has 0 bridgehead atoms. The van der Waals surface area contributed by atoms with E-state index in [0.717, 1.165) is 16.0 Å². The summed E-state index contributed by atoms with van der Waals surface area (Å²) in [5.41, 5.74) is 1.25. The molecule has 1 aliphatic rings. The molecule has 0 saturated carbocycles. The molecular weight excluding hydrogens is 369 g/mol. The van der Waals surface area contributed by atoms with Crippen molar-refractivity contribution in [3.05, 3.63) is 53.8 Å². The summed E-state index contributed by atoms with van der Waals surface area (Å²) in [4.78, 5) is 18.7. The minimum atomic E-state index is -0.481. The summed E-state index contributed by atoms with van der Waals surface area (Å²) < 4.78 is 25.8. The van der Waals surface area contributed by atoms with Gasteiger partial charge in [-0.1, -0.05) is 29.5 Å². The van der Waals surface area contributed by atoms with Crippen LogP contribution in [0.25, 0.3) is 10.2 Å². The van der Waals surface area contributed by atoms with E-state index in [0.29, 0.717) is 23.8 Å². The van der Waals surface area contributed by atoms with Gasteiger partial charge >= 0.3 is 6.03 Å². The number of benzene rings is 2. The third kappa shape index (κ3) is 3.72. The number of carbonyl (C=O) groups excluding carboxylic acids is 1. The number of urea groups is 1. The molecule has 1 aromatic heterocycles. The number of carbonyl (C=O) groups is 1. The summed E-state index contributed by atoms with van der Waals surface area (Å²) >= 11 is 1.38. The predicted octanol–water partition coefficient (Wildman–Crippen LogP) is 4.05. The lowest BCUT2D eigenvalue weighted by molar-refractivity contribution is -0.0152. The number of nitrogens with one attached hydrogen (secondary N) is 1. The zero-order valence-electron chi connectivity index (χ0n) is 14.6. The Balaban J connectivity index is 1.47. The van der Waals surface area contributed by atoms with Gasteiger partial charge < -0.3 is 14.4 Å². The first-order chi connectivity index (χ1) is 13.1. The highest BCUT2D eigenvalue weighted by molar-refractivity contribution is 7.22. The second-order valence-electron chi connectivity index (χ2n) is 6.11. The van der Waals surface area contributed by atoms with Gasteiger partial charge in [0.2, 0.25) is 0 Å². The van der Waals surface area contributed by atoms with Gasteiger partial charge in [0.1, 0.15) is 17.7 Å². The van der Waals surface area contributed by atoms with E-state index >= 15 is 0 Å². The molecule has 4 rings (SSSR count). The maximum atomic E-state index is 14.0. The van der Waals surface area contributed by atoms with Gasteiger partial charge in [-0.05, 0) is 24.3 Å². The lowest BCUT2D eigenvalue weighted by Crippen LogP contribution is -2.44. The number of amides is 2. The second-order valence-corrected chi connectivity index (χ2v) is 7.14. The highest BCUT2D eigenvalue weighted by atomic mass is 32.1. The molecule has 1 N–H and O–H groups in total. The van der Waals surface area contributed by atoms with Crippen LogP contribution in [0.15, 0.2) is 42.5 Å². The number of rotatable bonds is 3. The number of morpholine rings is 1. The highest BCUT2D eigenvalue weighted by Gasteiger charge is 2.27. The third-order valence-electron chi connectivity index (χ3n) is 4.42. The molecule has 1 unspecified atom stereocenters. The van der Waals surface area contributed by atoms with Crippen LogP contribution in [-0.4, -0.2) is 42.7 Å². The molecule has 0 spiro atoms. The number of aromatic nitrogens is 1. The summed E-state index contributed by atoms with van der Waals surface area (Å²) in [5, 5.41) is 3.34. The quantitative estimate of drug-likeness (QED) is 0.736. The van der Waals surface area contributed by atoms with Crippen LogP contribution in [0, 0.1) is 5.82 Å². The topological polar surface area (TPSA) is 63.7 Å². The van der Waals surface area contributed by atoms with E-state index < -0.39 is 6.10 Å². The van der Waals surface area contributed by atoms with E-state index in [-0.39, 0.29) is 18.4 Å². The fourth-order valence-corrected chi connectivity index (χ4v) is 3.90. The fraction of sp³-hybridized carbons (Fsp3) is 0.263. The molecule has 0 aliphatic carbocycles. The third-order valence-corrected chi connectivity index (χ3v) is 5.35. The Bertz CT molecular complexity index is 978. The van der Waals surface area contributed by atoms with Crippen LogP contribution >= 0.6 is 11.3 Å². The van der Waals surface area contributed by atoms with Crippen molar-refractivity contribution < 1.29 is 18.7 Å². The maximum absolute atomic E-state index is 14.0. The number of thiazole rings is 1. The van der Waals surface area contributed by atoms with E-state index in [4.69, 9.17) is 9.47 Å². The van der Waals surface area contributed by atoms with Crippen LogP contribution < -0.4 is 10.1 Å². The Morgan fingerprint density at radius 2 is 2.22 bits per heavy atom. The van der Waals surface area contributed by atoms with E-state index in [2.05, 4.69) is 10.3 Å². The molecular formula is C19H18FN3O3S. The number of anilines is 1. The minimum absolute atomic E-state index is 0.273. The van der Waals surface area contributed by atoms with Gasteiger partial charge in [-0.25, -0.2) is 14.2 Å². The Labute approximate surface area is 159 Å². The van der Waals surface area contributed by atoms with Gasteiger partial charge in [0.25, 0.3) is 0 Å². The van der Waals surface area contributed by atoms with Gasteiger partial charge in [-0.15, -0.1) is 0 Å². The molecule has 2 heterocycles. The number of ether oxygens (including phenoxy) is 2. The summed E-state index contributed by atoms with van der Waals surface area (Å²) in [6, 6.07) is 11.8. The minimum Gasteiger partial charge on any atom is -0.497 e. The molecule has 1 aliphatic heterocycles. The van der Waals surface area contributed by atoms with Crippen molar-refractivity contribution in [2.45, 2.75) is 6.10 Å². The van der Waals surface area contributed by atoms with Crippen molar-refractivity contribution in [1.29, 1.82) is 0 Å². The highest BCUT2D eigenvalue weighted by Crippen LogP contribution is 2.30. The van der Waals surface area contributed by atoms with Gasteiger partial charge in [-0.2, -0.15) is 0 Å². The standard InChI is InChI=1S/C19H18FN3O3S/c1-25-12-6-7-15-17(10-12)27-18(21-15)22-19(24)23-8-9-26-16(11-23)13-4-2-3-5-14(13)20/h2-7,10,16H,8-9,11H2,1H3,(H,21,22,24). The number of nitrogens with zero attached hydrogens (tertiary/aromatic N) is 2. The molecule has 1 atom stereocenters. The van der Waals surface area contributed by atoms with Crippen molar-refractivity contribution in [2.24, 2.45) is 0 Å². The molecule has 27 heavy (non-hydrogen) atoms. The average Bonchev–Trinajstić information content (AvgIpc) is 3.09. The van der Waals surface area contributed by atoms with Gasteiger partial charge in [-0.3, -0.25) is 5.32 Å². The van der Waals surface area contributed by atoms with Crippen molar-refractivity contribution in [1.82, 2.24) is 9.88 Å². The Morgan fingerprint density at radius 1 is 1.37 bits per heavy atom. The van der Waals surface area contributed by atoms with Crippen LogP contribution in [0.5, 0.6) is 5.75 Å². The van der Waals surface area contributed by atoms with Gasteiger partial charge in [0, 0.05) is 12.1 Å². The van der Waals surface area contributed by atoms with Crippen LogP contribution in [0.2, 0.25) is 0 Å². The van der Waals surface area contributed by atoms with Gasteiger partial charge in [0.15, 0.2) is 5.13 Å². The number of halogens is 1. The van der Waals surface area contributed by atoms with Crippen LogP contribution in [0.3, 0.4) is 0 Å².